The maximum Gasteiger partial charge on any atom is 0.127 e. The molecule has 0 spiro atoms. The average Bonchev–Trinajstić information content (AvgIpc) is 2.66. The van der Waals surface area contributed by atoms with Crippen molar-refractivity contribution in [3.63, 3.8) is 0 Å². The van der Waals surface area contributed by atoms with Crippen LogP contribution in [0.5, 0.6) is 5.75 Å². The summed E-state index contributed by atoms with van der Waals surface area (Å²) in [6, 6.07) is 14.3. The number of ether oxygens (including phenoxy) is 1. The lowest BCUT2D eigenvalue weighted by Gasteiger charge is -2.26. The molecule has 1 aliphatic carbocycles. The summed E-state index contributed by atoms with van der Waals surface area (Å²) in [5.41, 5.74) is -0.0464. The maximum absolute atomic E-state index is 10.3. The van der Waals surface area contributed by atoms with Crippen LogP contribution in [0.15, 0.2) is 42.5 Å². The molecule has 1 saturated carbocycles. The third-order valence-electron chi connectivity index (χ3n) is 4.25. The van der Waals surface area contributed by atoms with Crippen LogP contribution in [0.2, 0.25) is 0 Å². The molecule has 2 unspecified atom stereocenters. The van der Waals surface area contributed by atoms with Gasteiger partial charge in [0.25, 0.3) is 0 Å². The van der Waals surface area contributed by atoms with Crippen LogP contribution in [0, 0.1) is 5.41 Å². The highest BCUT2D eigenvalue weighted by Gasteiger charge is 2.42. The monoisotopic (exact) mass is 256 g/mol. The number of aliphatic hydroxyl groups excluding tert-OH is 1. The van der Waals surface area contributed by atoms with Crippen molar-refractivity contribution in [2.24, 2.45) is 5.41 Å². The highest BCUT2D eigenvalue weighted by atomic mass is 16.5. The molecule has 0 amide bonds. The van der Waals surface area contributed by atoms with Crippen LogP contribution in [0.25, 0.3) is 10.8 Å². The van der Waals surface area contributed by atoms with Crippen molar-refractivity contribution in [1.82, 2.24) is 0 Å². The van der Waals surface area contributed by atoms with Gasteiger partial charge in [0.2, 0.25) is 0 Å². The zero-order valence-electron chi connectivity index (χ0n) is 11.5. The van der Waals surface area contributed by atoms with Crippen LogP contribution in [0.1, 0.15) is 26.7 Å². The summed E-state index contributed by atoms with van der Waals surface area (Å²) in [6.45, 7) is 4.20. The maximum atomic E-state index is 10.3. The predicted octanol–water partition coefficient (Wildman–Crippen LogP) is 3.77. The fourth-order valence-corrected chi connectivity index (χ4v) is 2.91. The van der Waals surface area contributed by atoms with Crippen LogP contribution < -0.4 is 4.74 Å². The van der Waals surface area contributed by atoms with Crippen molar-refractivity contribution in [2.75, 3.05) is 0 Å². The highest BCUT2D eigenvalue weighted by Crippen LogP contribution is 2.40. The molecule has 2 atom stereocenters. The van der Waals surface area contributed by atoms with E-state index < -0.39 is 6.10 Å². The topological polar surface area (TPSA) is 29.5 Å². The van der Waals surface area contributed by atoms with E-state index in [9.17, 15) is 5.11 Å². The predicted molar refractivity (Wildman–Crippen MR) is 77.4 cm³/mol. The van der Waals surface area contributed by atoms with Gasteiger partial charge in [0.1, 0.15) is 11.9 Å². The summed E-state index contributed by atoms with van der Waals surface area (Å²) in [7, 11) is 0. The summed E-state index contributed by atoms with van der Waals surface area (Å²) < 4.78 is 6.09. The number of hydrogen-bond acceptors (Lipinski definition) is 2. The SMILES string of the molecule is CC1(C)CCC(Oc2cccc3ccccc23)C1O. The van der Waals surface area contributed by atoms with Gasteiger partial charge >= 0.3 is 0 Å². The van der Waals surface area contributed by atoms with E-state index in [2.05, 4.69) is 32.0 Å². The van der Waals surface area contributed by atoms with Crippen molar-refractivity contribution >= 4 is 10.8 Å². The van der Waals surface area contributed by atoms with Crippen molar-refractivity contribution in [3.05, 3.63) is 42.5 Å². The molecule has 1 N–H and O–H groups in total. The first kappa shape index (κ1) is 12.5. The van der Waals surface area contributed by atoms with Gasteiger partial charge in [-0.3, -0.25) is 0 Å². The fourth-order valence-electron chi connectivity index (χ4n) is 2.91. The standard InChI is InChI=1S/C17H20O2/c1-17(2)11-10-15(16(17)18)19-14-9-5-7-12-6-3-4-8-13(12)14/h3-9,15-16,18H,10-11H2,1-2H3. The van der Waals surface area contributed by atoms with Crippen LogP contribution in [0.4, 0.5) is 0 Å². The van der Waals surface area contributed by atoms with E-state index >= 15 is 0 Å². The molecule has 0 heterocycles. The molecule has 2 aromatic rings. The molecule has 19 heavy (non-hydrogen) atoms. The van der Waals surface area contributed by atoms with E-state index in [-0.39, 0.29) is 11.5 Å². The molecule has 2 aromatic carbocycles. The van der Waals surface area contributed by atoms with Gasteiger partial charge in [0.15, 0.2) is 0 Å². The largest absolute Gasteiger partial charge is 0.487 e. The molecule has 0 saturated heterocycles. The minimum absolute atomic E-state index is 0.0464. The second-order valence-corrected chi connectivity index (χ2v) is 6.11. The van der Waals surface area contributed by atoms with Crippen molar-refractivity contribution in [3.8, 4) is 5.75 Å². The summed E-state index contributed by atoms with van der Waals surface area (Å²) >= 11 is 0. The normalized spacial score (nSPS) is 25.6. The first-order valence-corrected chi connectivity index (χ1v) is 6.90. The Morgan fingerprint density at radius 2 is 1.84 bits per heavy atom. The quantitative estimate of drug-likeness (QED) is 0.886. The fraction of sp³-hybridized carbons (Fsp3) is 0.412. The molecule has 2 nitrogen and oxygen atoms in total. The van der Waals surface area contributed by atoms with Gasteiger partial charge < -0.3 is 9.84 Å². The Morgan fingerprint density at radius 3 is 2.58 bits per heavy atom. The summed E-state index contributed by atoms with van der Waals surface area (Å²) in [4.78, 5) is 0. The van der Waals surface area contributed by atoms with Crippen LogP contribution in [0.3, 0.4) is 0 Å². The van der Waals surface area contributed by atoms with E-state index in [0.717, 1.165) is 24.0 Å². The molecule has 2 heteroatoms. The van der Waals surface area contributed by atoms with Gasteiger partial charge in [0, 0.05) is 5.39 Å². The zero-order valence-corrected chi connectivity index (χ0v) is 11.5. The van der Waals surface area contributed by atoms with E-state index in [1.807, 2.05) is 24.3 Å². The Hall–Kier alpha value is -1.54. The summed E-state index contributed by atoms with van der Waals surface area (Å²) in [6.07, 6.45) is 1.42. The summed E-state index contributed by atoms with van der Waals surface area (Å²) in [5.74, 6) is 0.875. The Labute approximate surface area is 114 Å². The second kappa shape index (κ2) is 4.53. The average molecular weight is 256 g/mol. The van der Waals surface area contributed by atoms with E-state index in [0.29, 0.717) is 0 Å². The van der Waals surface area contributed by atoms with Gasteiger partial charge in [0.05, 0.1) is 6.10 Å². The lowest BCUT2D eigenvalue weighted by Crippen LogP contribution is -2.34. The number of hydrogen-bond donors (Lipinski definition) is 1. The third kappa shape index (κ3) is 2.21. The van der Waals surface area contributed by atoms with E-state index in [1.165, 1.54) is 5.39 Å². The zero-order chi connectivity index (χ0) is 13.5. The lowest BCUT2D eigenvalue weighted by molar-refractivity contribution is 0.00553. The number of rotatable bonds is 2. The molecule has 0 aromatic heterocycles. The van der Waals surface area contributed by atoms with Crippen molar-refractivity contribution < 1.29 is 9.84 Å². The third-order valence-corrected chi connectivity index (χ3v) is 4.25. The number of benzene rings is 2. The van der Waals surface area contributed by atoms with Gasteiger partial charge in [-0.25, -0.2) is 0 Å². The molecule has 0 radical (unpaired) electrons. The molecule has 1 aliphatic rings. The number of fused-ring (bicyclic) bond motifs is 1. The smallest absolute Gasteiger partial charge is 0.127 e. The highest BCUT2D eigenvalue weighted by molar-refractivity contribution is 5.88. The second-order valence-electron chi connectivity index (χ2n) is 6.11. The van der Waals surface area contributed by atoms with Crippen molar-refractivity contribution in [1.29, 1.82) is 0 Å². The summed E-state index contributed by atoms with van der Waals surface area (Å²) in [5, 5.41) is 12.6. The van der Waals surface area contributed by atoms with E-state index in [1.54, 1.807) is 0 Å². The Morgan fingerprint density at radius 1 is 1.11 bits per heavy atom. The van der Waals surface area contributed by atoms with E-state index in [4.69, 9.17) is 4.74 Å². The van der Waals surface area contributed by atoms with Gasteiger partial charge in [-0.1, -0.05) is 50.2 Å². The lowest BCUT2D eigenvalue weighted by atomic mass is 9.89. The first-order valence-electron chi connectivity index (χ1n) is 6.90. The molecular weight excluding hydrogens is 236 g/mol. The minimum atomic E-state index is -0.397. The Bertz CT molecular complexity index is 583. The van der Waals surface area contributed by atoms with Crippen molar-refractivity contribution in [2.45, 2.75) is 38.9 Å². The van der Waals surface area contributed by atoms with Crippen LogP contribution >= 0.6 is 0 Å². The molecular formula is C17H20O2. The van der Waals surface area contributed by atoms with Gasteiger partial charge in [-0.05, 0) is 29.7 Å². The molecule has 3 rings (SSSR count). The van der Waals surface area contributed by atoms with Crippen LogP contribution in [-0.2, 0) is 0 Å². The molecule has 100 valence electrons. The molecule has 1 fully saturated rings. The van der Waals surface area contributed by atoms with Gasteiger partial charge in [-0.2, -0.15) is 0 Å². The minimum Gasteiger partial charge on any atom is -0.487 e. The molecule has 0 bridgehead atoms. The first-order chi connectivity index (χ1) is 9.08. The Kier molecular flexibility index (Phi) is 2.98. The van der Waals surface area contributed by atoms with Crippen LogP contribution in [-0.4, -0.2) is 17.3 Å². The number of aliphatic hydroxyl groups is 1. The Balaban J connectivity index is 1.90. The van der Waals surface area contributed by atoms with Gasteiger partial charge in [-0.15, -0.1) is 0 Å². The molecule has 0 aliphatic heterocycles.